The van der Waals surface area contributed by atoms with E-state index < -0.39 is 11.5 Å². The minimum atomic E-state index is -1.01. The van der Waals surface area contributed by atoms with Crippen LogP contribution in [0.2, 0.25) is 0 Å². The van der Waals surface area contributed by atoms with Gasteiger partial charge in [0, 0.05) is 12.4 Å². The van der Waals surface area contributed by atoms with E-state index in [1.165, 1.54) is 7.11 Å². The van der Waals surface area contributed by atoms with Crippen LogP contribution in [0.25, 0.3) is 0 Å². The number of imidazole rings is 1. The molecule has 0 saturated carbocycles. The summed E-state index contributed by atoms with van der Waals surface area (Å²) < 4.78 is 6.42. The van der Waals surface area contributed by atoms with E-state index in [4.69, 9.17) is 5.73 Å². The summed E-state index contributed by atoms with van der Waals surface area (Å²) in [5, 5.41) is 0. The van der Waals surface area contributed by atoms with Gasteiger partial charge in [0.15, 0.2) is 0 Å². The SMILES string of the molecule is COC(=O)C(C)(N)Cn1ccnc1C. The summed E-state index contributed by atoms with van der Waals surface area (Å²) in [5.41, 5.74) is 4.79. The molecule has 1 rings (SSSR count). The number of aryl methyl sites for hydroxylation is 1. The molecule has 14 heavy (non-hydrogen) atoms. The summed E-state index contributed by atoms with van der Waals surface area (Å²) in [7, 11) is 1.33. The van der Waals surface area contributed by atoms with Crippen molar-refractivity contribution >= 4 is 5.97 Å². The van der Waals surface area contributed by atoms with Crippen LogP contribution in [0.1, 0.15) is 12.7 Å². The first-order chi connectivity index (χ1) is 6.47. The average Bonchev–Trinajstić information content (AvgIpc) is 2.50. The molecular formula is C9H15N3O2. The number of esters is 1. The molecule has 0 saturated heterocycles. The summed E-state index contributed by atoms with van der Waals surface area (Å²) in [5.74, 6) is 0.399. The van der Waals surface area contributed by atoms with Gasteiger partial charge < -0.3 is 15.0 Å². The Bertz CT molecular complexity index is 331. The molecule has 5 heteroatoms. The van der Waals surface area contributed by atoms with E-state index in [2.05, 4.69) is 9.72 Å². The van der Waals surface area contributed by atoms with Gasteiger partial charge >= 0.3 is 5.97 Å². The Balaban J connectivity index is 2.78. The zero-order chi connectivity index (χ0) is 10.8. The van der Waals surface area contributed by atoms with Crippen LogP contribution in [0.3, 0.4) is 0 Å². The van der Waals surface area contributed by atoms with Crippen molar-refractivity contribution in [3.05, 3.63) is 18.2 Å². The van der Waals surface area contributed by atoms with E-state index in [1.54, 1.807) is 19.3 Å². The first-order valence-electron chi connectivity index (χ1n) is 4.32. The second kappa shape index (κ2) is 3.79. The highest BCUT2D eigenvalue weighted by atomic mass is 16.5. The van der Waals surface area contributed by atoms with Crippen molar-refractivity contribution in [3.8, 4) is 0 Å². The number of rotatable bonds is 3. The minimum absolute atomic E-state index is 0.367. The zero-order valence-electron chi connectivity index (χ0n) is 8.65. The summed E-state index contributed by atoms with van der Waals surface area (Å²) in [6.45, 7) is 3.86. The topological polar surface area (TPSA) is 70.1 Å². The van der Waals surface area contributed by atoms with Gasteiger partial charge in [-0.15, -0.1) is 0 Å². The van der Waals surface area contributed by atoms with E-state index in [-0.39, 0.29) is 0 Å². The summed E-state index contributed by atoms with van der Waals surface area (Å²) in [4.78, 5) is 15.3. The Morgan fingerprint density at radius 1 is 1.79 bits per heavy atom. The second-order valence-corrected chi connectivity index (χ2v) is 3.51. The van der Waals surface area contributed by atoms with Gasteiger partial charge in [-0.2, -0.15) is 0 Å². The number of nitrogens with two attached hydrogens (primary N) is 1. The first-order valence-corrected chi connectivity index (χ1v) is 4.32. The van der Waals surface area contributed by atoms with Gasteiger partial charge in [-0.05, 0) is 13.8 Å². The van der Waals surface area contributed by atoms with Gasteiger partial charge in [-0.25, -0.2) is 4.98 Å². The third-order valence-corrected chi connectivity index (χ3v) is 2.07. The molecule has 0 aliphatic heterocycles. The molecule has 0 fully saturated rings. The maximum atomic E-state index is 11.3. The highest BCUT2D eigenvalue weighted by Crippen LogP contribution is 2.07. The van der Waals surface area contributed by atoms with Crippen molar-refractivity contribution in [3.63, 3.8) is 0 Å². The third-order valence-electron chi connectivity index (χ3n) is 2.07. The third kappa shape index (κ3) is 2.11. The predicted molar refractivity (Wildman–Crippen MR) is 51.6 cm³/mol. The Morgan fingerprint density at radius 2 is 2.43 bits per heavy atom. The molecular weight excluding hydrogens is 182 g/mol. The van der Waals surface area contributed by atoms with Gasteiger partial charge in [-0.3, -0.25) is 4.79 Å². The lowest BCUT2D eigenvalue weighted by molar-refractivity contribution is -0.146. The number of carbonyl (C=O) groups is 1. The fourth-order valence-corrected chi connectivity index (χ4v) is 1.22. The second-order valence-electron chi connectivity index (χ2n) is 3.51. The van der Waals surface area contributed by atoms with Crippen LogP contribution in [0.4, 0.5) is 0 Å². The smallest absolute Gasteiger partial charge is 0.327 e. The van der Waals surface area contributed by atoms with Crippen molar-refractivity contribution in [2.45, 2.75) is 25.9 Å². The number of hydrogen-bond acceptors (Lipinski definition) is 4. The number of hydrogen-bond donors (Lipinski definition) is 1. The Hall–Kier alpha value is -1.36. The van der Waals surface area contributed by atoms with Crippen LogP contribution >= 0.6 is 0 Å². The molecule has 2 N–H and O–H groups in total. The molecule has 0 radical (unpaired) electrons. The molecule has 0 bridgehead atoms. The molecule has 1 aromatic heterocycles. The molecule has 78 valence electrons. The molecule has 1 atom stereocenters. The number of aromatic nitrogens is 2. The van der Waals surface area contributed by atoms with E-state index >= 15 is 0 Å². The lowest BCUT2D eigenvalue weighted by atomic mass is 10.0. The lowest BCUT2D eigenvalue weighted by Crippen LogP contribution is -2.49. The number of nitrogens with zero attached hydrogens (tertiary/aromatic N) is 2. The molecule has 1 heterocycles. The standard InChI is InChI=1S/C9H15N3O2/c1-7-11-4-5-12(7)6-9(2,10)8(13)14-3/h4-5H,6,10H2,1-3H3. The van der Waals surface area contributed by atoms with E-state index in [0.29, 0.717) is 6.54 Å². The summed E-state index contributed by atoms with van der Waals surface area (Å²) in [6.07, 6.45) is 3.45. The zero-order valence-corrected chi connectivity index (χ0v) is 8.65. The molecule has 5 nitrogen and oxygen atoms in total. The van der Waals surface area contributed by atoms with Crippen LogP contribution < -0.4 is 5.73 Å². The van der Waals surface area contributed by atoms with Crippen LogP contribution in [-0.4, -0.2) is 28.2 Å². The van der Waals surface area contributed by atoms with E-state index in [0.717, 1.165) is 5.82 Å². The predicted octanol–water partition coefficient (Wildman–Crippen LogP) is 0.0819. The van der Waals surface area contributed by atoms with Gasteiger partial charge in [0.25, 0.3) is 0 Å². The fourth-order valence-electron chi connectivity index (χ4n) is 1.22. The molecule has 1 unspecified atom stereocenters. The van der Waals surface area contributed by atoms with Gasteiger partial charge in [0.05, 0.1) is 13.7 Å². The monoisotopic (exact) mass is 197 g/mol. The molecule has 1 aromatic rings. The fraction of sp³-hybridized carbons (Fsp3) is 0.556. The normalized spacial score (nSPS) is 14.9. The first kappa shape index (κ1) is 10.7. The van der Waals surface area contributed by atoms with Crippen molar-refractivity contribution in [1.29, 1.82) is 0 Å². The highest BCUT2D eigenvalue weighted by Gasteiger charge is 2.30. The maximum Gasteiger partial charge on any atom is 0.327 e. The van der Waals surface area contributed by atoms with Crippen LogP contribution in [0, 0.1) is 6.92 Å². The van der Waals surface area contributed by atoms with Gasteiger partial charge in [0.1, 0.15) is 11.4 Å². The number of carbonyl (C=O) groups excluding carboxylic acids is 1. The van der Waals surface area contributed by atoms with Gasteiger partial charge in [0.2, 0.25) is 0 Å². The number of methoxy groups -OCH3 is 1. The molecule has 0 aromatic carbocycles. The van der Waals surface area contributed by atoms with Crippen molar-refractivity contribution < 1.29 is 9.53 Å². The molecule has 0 amide bonds. The summed E-state index contributed by atoms with van der Waals surface area (Å²) in [6, 6.07) is 0. The van der Waals surface area contributed by atoms with Crippen LogP contribution in [-0.2, 0) is 16.1 Å². The van der Waals surface area contributed by atoms with Crippen molar-refractivity contribution in [2.24, 2.45) is 5.73 Å². The molecule has 0 aliphatic carbocycles. The molecule has 0 aliphatic rings. The minimum Gasteiger partial charge on any atom is -0.468 e. The van der Waals surface area contributed by atoms with Gasteiger partial charge in [-0.1, -0.05) is 0 Å². The Kier molecular flexibility index (Phi) is 2.90. The largest absolute Gasteiger partial charge is 0.468 e. The Labute approximate surface area is 82.9 Å². The van der Waals surface area contributed by atoms with Crippen molar-refractivity contribution in [2.75, 3.05) is 7.11 Å². The average molecular weight is 197 g/mol. The van der Waals surface area contributed by atoms with Crippen LogP contribution in [0.15, 0.2) is 12.4 Å². The maximum absolute atomic E-state index is 11.3. The van der Waals surface area contributed by atoms with E-state index in [9.17, 15) is 4.79 Å². The Morgan fingerprint density at radius 3 is 2.86 bits per heavy atom. The van der Waals surface area contributed by atoms with Crippen LogP contribution in [0.5, 0.6) is 0 Å². The van der Waals surface area contributed by atoms with Crippen molar-refractivity contribution in [1.82, 2.24) is 9.55 Å². The quantitative estimate of drug-likeness (QED) is 0.697. The lowest BCUT2D eigenvalue weighted by Gasteiger charge is -2.22. The van der Waals surface area contributed by atoms with E-state index in [1.807, 2.05) is 11.5 Å². The highest BCUT2D eigenvalue weighted by molar-refractivity contribution is 5.79. The molecule has 0 spiro atoms. The number of ether oxygens (including phenoxy) is 1. The summed E-state index contributed by atoms with van der Waals surface area (Å²) >= 11 is 0.